The summed E-state index contributed by atoms with van der Waals surface area (Å²) in [6.45, 7) is 0.934. The summed E-state index contributed by atoms with van der Waals surface area (Å²) in [5.74, 6) is 1.15. The number of benzene rings is 2. The monoisotopic (exact) mass is 320 g/mol. The first-order chi connectivity index (χ1) is 8.84. The maximum atomic E-state index is 4.51. The molecule has 0 saturated heterocycles. The van der Waals surface area contributed by atoms with Gasteiger partial charge in [-0.3, -0.25) is 4.99 Å². The molecule has 3 rings (SSSR count). The fourth-order valence-electron chi connectivity index (χ4n) is 2.02. The number of hydrogen-bond donors (Lipinski definition) is 1. The maximum absolute atomic E-state index is 4.51. The minimum atomic E-state index is 0.934. The number of thioether (sulfide) groups is 1. The van der Waals surface area contributed by atoms with Gasteiger partial charge in [0.05, 0.1) is 0 Å². The smallest absolute Gasteiger partial charge is 0.161 e. The van der Waals surface area contributed by atoms with E-state index in [9.17, 15) is 0 Å². The zero-order chi connectivity index (χ0) is 12.4. The van der Waals surface area contributed by atoms with E-state index >= 15 is 0 Å². The molecule has 1 aliphatic rings. The van der Waals surface area contributed by atoms with Crippen molar-refractivity contribution in [1.29, 1.82) is 0 Å². The average molecular weight is 321 g/mol. The first-order valence-corrected chi connectivity index (χ1v) is 7.74. The third kappa shape index (κ3) is 2.40. The molecule has 2 nitrogen and oxygen atoms in total. The topological polar surface area (TPSA) is 24.4 Å². The SMILES string of the molecule is Brc1ccc(NC2=NCCCS2)c2ccccc12. The first-order valence-electron chi connectivity index (χ1n) is 5.96. The number of anilines is 1. The van der Waals surface area contributed by atoms with Crippen LogP contribution in [-0.4, -0.2) is 17.5 Å². The van der Waals surface area contributed by atoms with Crippen molar-refractivity contribution in [2.75, 3.05) is 17.6 Å². The fraction of sp³-hybridized carbons (Fsp3) is 0.214. The van der Waals surface area contributed by atoms with Gasteiger partial charge >= 0.3 is 0 Å². The Hall–Kier alpha value is -1.00. The van der Waals surface area contributed by atoms with Gasteiger partial charge in [0, 0.05) is 27.8 Å². The summed E-state index contributed by atoms with van der Waals surface area (Å²) < 4.78 is 1.13. The van der Waals surface area contributed by atoms with Gasteiger partial charge in [0.1, 0.15) is 0 Å². The molecule has 0 amide bonds. The van der Waals surface area contributed by atoms with Gasteiger partial charge in [0.25, 0.3) is 0 Å². The van der Waals surface area contributed by atoms with Gasteiger partial charge in [0.2, 0.25) is 0 Å². The minimum Gasteiger partial charge on any atom is -0.334 e. The van der Waals surface area contributed by atoms with Gasteiger partial charge in [-0.2, -0.15) is 0 Å². The van der Waals surface area contributed by atoms with Gasteiger partial charge in [-0.15, -0.1) is 0 Å². The molecule has 2 aromatic rings. The number of nitrogens with one attached hydrogen (secondary N) is 1. The van der Waals surface area contributed by atoms with Crippen molar-refractivity contribution >= 4 is 49.3 Å². The van der Waals surface area contributed by atoms with Crippen molar-refractivity contribution in [2.45, 2.75) is 6.42 Å². The van der Waals surface area contributed by atoms with Crippen molar-refractivity contribution in [3.05, 3.63) is 40.9 Å². The molecule has 1 heterocycles. The molecule has 0 bridgehead atoms. The van der Waals surface area contributed by atoms with Crippen LogP contribution in [0.5, 0.6) is 0 Å². The normalized spacial score (nSPS) is 15.5. The van der Waals surface area contributed by atoms with Gasteiger partial charge in [0.15, 0.2) is 5.17 Å². The lowest BCUT2D eigenvalue weighted by Crippen LogP contribution is -2.13. The lowest BCUT2D eigenvalue weighted by Gasteiger charge is -2.15. The second-order valence-corrected chi connectivity index (χ2v) is 6.09. The van der Waals surface area contributed by atoms with E-state index in [-0.39, 0.29) is 0 Å². The van der Waals surface area contributed by atoms with Crippen molar-refractivity contribution < 1.29 is 0 Å². The van der Waals surface area contributed by atoms with Crippen LogP contribution in [0.3, 0.4) is 0 Å². The van der Waals surface area contributed by atoms with Crippen molar-refractivity contribution in [3.8, 4) is 0 Å². The molecule has 0 aromatic heterocycles. The van der Waals surface area contributed by atoms with E-state index < -0.39 is 0 Å². The largest absolute Gasteiger partial charge is 0.334 e. The Morgan fingerprint density at radius 2 is 1.94 bits per heavy atom. The summed E-state index contributed by atoms with van der Waals surface area (Å²) in [5.41, 5.74) is 1.13. The average Bonchev–Trinajstić information content (AvgIpc) is 2.44. The van der Waals surface area contributed by atoms with E-state index in [0.717, 1.165) is 27.6 Å². The van der Waals surface area contributed by atoms with Crippen LogP contribution in [0, 0.1) is 0 Å². The number of amidine groups is 1. The molecule has 92 valence electrons. The Balaban J connectivity index is 2.01. The molecular formula is C14H13BrN2S. The third-order valence-electron chi connectivity index (χ3n) is 2.91. The van der Waals surface area contributed by atoms with Crippen LogP contribution >= 0.6 is 27.7 Å². The molecule has 0 saturated carbocycles. The van der Waals surface area contributed by atoms with Crippen LogP contribution in [0.2, 0.25) is 0 Å². The Morgan fingerprint density at radius 3 is 2.72 bits per heavy atom. The molecule has 2 aromatic carbocycles. The summed E-state index contributed by atoms with van der Waals surface area (Å²) in [6.07, 6.45) is 1.18. The number of halogens is 1. The molecule has 0 radical (unpaired) electrons. The highest BCUT2D eigenvalue weighted by atomic mass is 79.9. The zero-order valence-corrected chi connectivity index (χ0v) is 12.2. The molecule has 0 unspecified atom stereocenters. The van der Waals surface area contributed by atoms with Crippen molar-refractivity contribution in [2.24, 2.45) is 4.99 Å². The lowest BCUT2D eigenvalue weighted by molar-refractivity contribution is 0.938. The number of nitrogens with zero attached hydrogens (tertiary/aromatic N) is 1. The number of rotatable bonds is 1. The fourth-order valence-corrected chi connectivity index (χ4v) is 3.33. The Labute approximate surface area is 119 Å². The first kappa shape index (κ1) is 12.1. The highest BCUT2D eigenvalue weighted by Crippen LogP contribution is 2.30. The van der Waals surface area contributed by atoms with E-state index in [2.05, 4.69) is 62.6 Å². The molecule has 0 fully saturated rings. The van der Waals surface area contributed by atoms with Crippen LogP contribution in [0.4, 0.5) is 5.69 Å². The predicted molar refractivity (Wildman–Crippen MR) is 84.6 cm³/mol. The van der Waals surface area contributed by atoms with E-state index in [1.165, 1.54) is 17.2 Å². The van der Waals surface area contributed by atoms with Gasteiger partial charge in [-0.1, -0.05) is 52.0 Å². The van der Waals surface area contributed by atoms with E-state index in [1.54, 1.807) is 11.8 Å². The Morgan fingerprint density at radius 1 is 1.11 bits per heavy atom. The van der Waals surface area contributed by atoms with Gasteiger partial charge in [-0.05, 0) is 23.9 Å². The quantitative estimate of drug-likeness (QED) is 0.836. The van der Waals surface area contributed by atoms with Gasteiger partial charge in [-0.25, -0.2) is 0 Å². The molecule has 18 heavy (non-hydrogen) atoms. The molecule has 1 N–H and O–H groups in total. The van der Waals surface area contributed by atoms with Crippen LogP contribution in [0.1, 0.15) is 6.42 Å². The Bertz CT molecular complexity index is 610. The maximum Gasteiger partial charge on any atom is 0.161 e. The van der Waals surface area contributed by atoms with Crippen LogP contribution < -0.4 is 5.32 Å². The van der Waals surface area contributed by atoms with Crippen molar-refractivity contribution in [1.82, 2.24) is 0 Å². The third-order valence-corrected chi connectivity index (χ3v) is 4.60. The van der Waals surface area contributed by atoms with Crippen molar-refractivity contribution in [3.63, 3.8) is 0 Å². The predicted octanol–water partition coefficient (Wildman–Crippen LogP) is 4.51. The van der Waals surface area contributed by atoms with E-state index in [0.29, 0.717) is 0 Å². The Kier molecular flexibility index (Phi) is 3.57. The second kappa shape index (κ2) is 5.33. The zero-order valence-electron chi connectivity index (χ0n) is 9.82. The van der Waals surface area contributed by atoms with E-state index in [1.807, 2.05) is 0 Å². The summed E-state index contributed by atoms with van der Waals surface area (Å²) in [6, 6.07) is 12.6. The second-order valence-electron chi connectivity index (χ2n) is 4.15. The molecular weight excluding hydrogens is 308 g/mol. The summed E-state index contributed by atoms with van der Waals surface area (Å²) in [5, 5.41) is 6.93. The number of aliphatic imine (C=N–C) groups is 1. The highest BCUT2D eigenvalue weighted by Gasteiger charge is 2.09. The summed E-state index contributed by atoms with van der Waals surface area (Å²) >= 11 is 5.39. The van der Waals surface area contributed by atoms with Crippen LogP contribution in [-0.2, 0) is 0 Å². The molecule has 0 spiro atoms. The highest BCUT2D eigenvalue weighted by molar-refractivity contribution is 9.10. The van der Waals surface area contributed by atoms with E-state index in [4.69, 9.17) is 0 Å². The molecule has 4 heteroatoms. The van der Waals surface area contributed by atoms with Crippen LogP contribution in [0.15, 0.2) is 45.9 Å². The summed E-state index contributed by atoms with van der Waals surface area (Å²) in [4.78, 5) is 4.51. The standard InChI is InChI=1S/C14H13BrN2S/c15-12-6-7-13(11-5-2-1-4-10(11)12)17-14-16-8-3-9-18-14/h1-2,4-7H,3,8-9H2,(H,16,17). The van der Waals surface area contributed by atoms with Crippen LogP contribution in [0.25, 0.3) is 10.8 Å². The summed E-state index contributed by atoms with van der Waals surface area (Å²) in [7, 11) is 0. The molecule has 0 aliphatic carbocycles. The minimum absolute atomic E-state index is 0.934. The van der Waals surface area contributed by atoms with Gasteiger partial charge < -0.3 is 5.32 Å². The number of hydrogen-bond acceptors (Lipinski definition) is 3. The lowest BCUT2D eigenvalue weighted by atomic mass is 10.1. The molecule has 1 aliphatic heterocycles. The number of fused-ring (bicyclic) bond motifs is 1. The molecule has 0 atom stereocenters.